The van der Waals surface area contributed by atoms with E-state index >= 15 is 0 Å². The van der Waals surface area contributed by atoms with Gasteiger partial charge in [0.25, 0.3) is 5.91 Å². The number of rotatable bonds is 9. The van der Waals surface area contributed by atoms with Crippen LogP contribution in [0.5, 0.6) is 0 Å². The van der Waals surface area contributed by atoms with E-state index in [0.717, 1.165) is 25.2 Å². The van der Waals surface area contributed by atoms with E-state index in [9.17, 15) is 13.2 Å². The highest BCUT2D eigenvalue weighted by Crippen LogP contribution is 2.19. The molecule has 0 N–H and O–H groups in total. The molecule has 1 aliphatic rings. The largest absolute Gasteiger partial charge is 0.421 e. The first-order valence-corrected chi connectivity index (χ1v) is 13.4. The average molecular weight is 498 g/mol. The summed E-state index contributed by atoms with van der Waals surface area (Å²) in [6.07, 6.45) is 0.649. The molecule has 2 heterocycles. The average Bonchev–Trinajstić information content (AvgIpc) is 3.38. The highest BCUT2D eigenvalue weighted by Gasteiger charge is 2.25. The summed E-state index contributed by atoms with van der Waals surface area (Å²) in [6, 6.07) is 15.9. The van der Waals surface area contributed by atoms with E-state index in [1.807, 2.05) is 49.1 Å². The maximum Gasteiger partial charge on any atom is 0.253 e. The Labute approximate surface area is 206 Å². The molecule has 3 aromatic rings. The van der Waals surface area contributed by atoms with Crippen molar-refractivity contribution in [1.29, 1.82) is 0 Å². The summed E-state index contributed by atoms with van der Waals surface area (Å²) in [4.78, 5) is 17.2. The number of nitrogens with zero attached hydrogens (tertiary/aromatic N) is 5. The molecule has 2 aromatic carbocycles. The Morgan fingerprint density at radius 2 is 1.60 bits per heavy atom. The van der Waals surface area contributed by atoms with Crippen LogP contribution in [0.25, 0.3) is 11.5 Å². The van der Waals surface area contributed by atoms with Crippen molar-refractivity contribution in [3.05, 3.63) is 66.1 Å². The van der Waals surface area contributed by atoms with E-state index in [-0.39, 0.29) is 10.8 Å². The first-order valence-electron chi connectivity index (χ1n) is 11.9. The minimum absolute atomic E-state index is 0.0826. The molecule has 1 aromatic heterocycles. The smallest absolute Gasteiger partial charge is 0.253 e. The number of benzene rings is 2. The van der Waals surface area contributed by atoms with Gasteiger partial charge in [0.2, 0.25) is 21.8 Å². The van der Waals surface area contributed by atoms with Crippen LogP contribution in [0, 0.1) is 0 Å². The van der Waals surface area contributed by atoms with Crippen LogP contribution in [-0.2, 0) is 16.4 Å². The molecule has 0 bridgehead atoms. The number of carbonyl (C=O) groups excluding carboxylic acids is 1. The third-order valence-corrected chi connectivity index (χ3v) is 8.30. The van der Waals surface area contributed by atoms with E-state index in [2.05, 4.69) is 15.1 Å². The van der Waals surface area contributed by atoms with Crippen LogP contribution in [0.3, 0.4) is 0 Å². The van der Waals surface area contributed by atoms with Gasteiger partial charge < -0.3 is 9.32 Å². The molecule has 1 amide bonds. The molecule has 186 valence electrons. The van der Waals surface area contributed by atoms with Gasteiger partial charge in [0, 0.05) is 63.4 Å². The summed E-state index contributed by atoms with van der Waals surface area (Å²) in [7, 11) is -3.53. The number of carbonyl (C=O) groups is 1. The van der Waals surface area contributed by atoms with Crippen molar-refractivity contribution in [2.45, 2.75) is 25.2 Å². The first kappa shape index (κ1) is 25.0. The van der Waals surface area contributed by atoms with E-state index in [4.69, 9.17) is 4.42 Å². The third kappa shape index (κ3) is 5.77. The molecule has 0 spiro atoms. The van der Waals surface area contributed by atoms with Crippen LogP contribution in [0.4, 0.5) is 0 Å². The fourth-order valence-electron chi connectivity index (χ4n) is 4.14. The molecule has 0 saturated carbocycles. The van der Waals surface area contributed by atoms with Gasteiger partial charge in [-0.3, -0.25) is 9.69 Å². The highest BCUT2D eigenvalue weighted by molar-refractivity contribution is 7.89. The first-order chi connectivity index (χ1) is 16.9. The lowest BCUT2D eigenvalue weighted by Gasteiger charge is -2.34. The second-order valence-corrected chi connectivity index (χ2v) is 10.3. The lowest BCUT2D eigenvalue weighted by Crippen LogP contribution is -2.49. The van der Waals surface area contributed by atoms with Crippen molar-refractivity contribution in [3.63, 3.8) is 0 Å². The standard InChI is InChI=1S/C25H31N5O4S/c1-3-30(4-2)35(32,33)22-12-10-21(11-13-22)25(31)29-18-16-28(17-19-29)15-14-23-26-27-24(34-23)20-8-6-5-7-9-20/h5-13H,3-4,14-19H2,1-2H3. The fraction of sp³-hybridized carbons (Fsp3) is 0.400. The van der Waals surface area contributed by atoms with Gasteiger partial charge in [0.1, 0.15) is 0 Å². The van der Waals surface area contributed by atoms with Crippen LogP contribution in [0.1, 0.15) is 30.1 Å². The molecule has 4 rings (SSSR count). The summed E-state index contributed by atoms with van der Waals surface area (Å²) in [5.74, 6) is 1.04. The maximum atomic E-state index is 12.9. The zero-order valence-electron chi connectivity index (χ0n) is 20.1. The number of piperazine rings is 1. The lowest BCUT2D eigenvalue weighted by atomic mass is 10.2. The van der Waals surface area contributed by atoms with Crippen LogP contribution in [0.2, 0.25) is 0 Å². The second-order valence-electron chi connectivity index (χ2n) is 8.36. The Hall–Kier alpha value is -3.08. The van der Waals surface area contributed by atoms with Gasteiger partial charge in [-0.2, -0.15) is 4.31 Å². The Balaban J connectivity index is 1.28. The monoisotopic (exact) mass is 497 g/mol. The highest BCUT2D eigenvalue weighted by atomic mass is 32.2. The van der Waals surface area contributed by atoms with Gasteiger partial charge in [-0.15, -0.1) is 10.2 Å². The number of amides is 1. The predicted molar refractivity (Wildman–Crippen MR) is 132 cm³/mol. The zero-order valence-corrected chi connectivity index (χ0v) is 20.9. The Kier molecular flexibility index (Phi) is 7.94. The summed E-state index contributed by atoms with van der Waals surface area (Å²) in [5.41, 5.74) is 1.40. The third-order valence-electron chi connectivity index (χ3n) is 6.23. The Morgan fingerprint density at radius 3 is 2.23 bits per heavy atom. The van der Waals surface area contributed by atoms with E-state index < -0.39 is 10.0 Å². The summed E-state index contributed by atoms with van der Waals surface area (Å²) < 4.78 is 32.5. The molecular weight excluding hydrogens is 466 g/mol. The molecule has 35 heavy (non-hydrogen) atoms. The molecule has 10 heteroatoms. The molecule has 1 saturated heterocycles. The van der Waals surface area contributed by atoms with Gasteiger partial charge >= 0.3 is 0 Å². The molecule has 0 aliphatic carbocycles. The van der Waals surface area contributed by atoms with Crippen molar-refractivity contribution in [2.75, 3.05) is 45.8 Å². The number of sulfonamides is 1. The van der Waals surface area contributed by atoms with Crippen molar-refractivity contribution in [1.82, 2.24) is 24.3 Å². The molecule has 0 atom stereocenters. The number of hydrogen-bond acceptors (Lipinski definition) is 7. The van der Waals surface area contributed by atoms with Gasteiger partial charge in [-0.25, -0.2) is 8.42 Å². The Morgan fingerprint density at radius 1 is 0.943 bits per heavy atom. The zero-order chi connectivity index (χ0) is 24.8. The normalized spacial score (nSPS) is 15.0. The van der Waals surface area contributed by atoms with Gasteiger partial charge in [0.15, 0.2) is 0 Å². The topological polar surface area (TPSA) is 99.9 Å². The quantitative estimate of drug-likeness (QED) is 0.448. The molecule has 0 unspecified atom stereocenters. The molecule has 1 aliphatic heterocycles. The molecule has 1 fully saturated rings. The van der Waals surface area contributed by atoms with Crippen LogP contribution >= 0.6 is 0 Å². The van der Waals surface area contributed by atoms with E-state index in [0.29, 0.717) is 49.9 Å². The summed E-state index contributed by atoms with van der Waals surface area (Å²) >= 11 is 0. The SMILES string of the molecule is CCN(CC)S(=O)(=O)c1ccc(C(=O)N2CCN(CCc3nnc(-c4ccccc4)o3)CC2)cc1. The van der Waals surface area contributed by atoms with E-state index in [1.54, 1.807) is 12.1 Å². The Bertz CT molecular complexity index is 1220. The summed E-state index contributed by atoms with van der Waals surface area (Å²) in [5, 5.41) is 8.28. The van der Waals surface area contributed by atoms with Crippen molar-refractivity contribution < 1.29 is 17.6 Å². The summed E-state index contributed by atoms with van der Waals surface area (Å²) in [6.45, 7) is 7.92. The minimum Gasteiger partial charge on any atom is -0.421 e. The van der Waals surface area contributed by atoms with Gasteiger partial charge in [-0.05, 0) is 36.4 Å². The van der Waals surface area contributed by atoms with Crippen molar-refractivity contribution in [3.8, 4) is 11.5 Å². The predicted octanol–water partition coefficient (Wildman–Crippen LogP) is 2.77. The second kappa shape index (κ2) is 11.1. The van der Waals surface area contributed by atoms with Crippen LogP contribution in [0.15, 0.2) is 63.9 Å². The molecule has 0 radical (unpaired) electrons. The van der Waals surface area contributed by atoms with Crippen LogP contribution in [-0.4, -0.2) is 84.4 Å². The lowest BCUT2D eigenvalue weighted by molar-refractivity contribution is 0.0636. The molecular formula is C25H31N5O4S. The molecule has 9 nitrogen and oxygen atoms in total. The van der Waals surface area contributed by atoms with Crippen LogP contribution < -0.4 is 0 Å². The maximum absolute atomic E-state index is 12.9. The van der Waals surface area contributed by atoms with Crippen molar-refractivity contribution >= 4 is 15.9 Å². The fourth-order valence-corrected chi connectivity index (χ4v) is 5.60. The van der Waals surface area contributed by atoms with E-state index in [1.165, 1.54) is 16.4 Å². The number of hydrogen-bond donors (Lipinski definition) is 0. The minimum atomic E-state index is -3.53. The van der Waals surface area contributed by atoms with Gasteiger partial charge in [-0.1, -0.05) is 32.0 Å². The van der Waals surface area contributed by atoms with Gasteiger partial charge in [0.05, 0.1) is 4.90 Å². The number of aromatic nitrogens is 2. The van der Waals surface area contributed by atoms with Crippen molar-refractivity contribution in [2.24, 2.45) is 0 Å².